The van der Waals surface area contributed by atoms with Crippen LogP contribution in [-0.4, -0.2) is 15.6 Å². The van der Waals surface area contributed by atoms with Crippen LogP contribution in [0.3, 0.4) is 0 Å². The van der Waals surface area contributed by atoms with E-state index in [0.29, 0.717) is 11.7 Å². The second-order valence-corrected chi connectivity index (χ2v) is 4.61. The molecule has 5 nitrogen and oxygen atoms in total. The van der Waals surface area contributed by atoms with Crippen molar-refractivity contribution in [1.29, 1.82) is 0 Å². The minimum Gasteiger partial charge on any atom is -0.472 e. The molecule has 5 heteroatoms. The van der Waals surface area contributed by atoms with Crippen LogP contribution in [0.15, 0.2) is 6.33 Å². The third-order valence-electron chi connectivity index (χ3n) is 1.95. The molecule has 0 aliphatic carbocycles. The van der Waals surface area contributed by atoms with Crippen molar-refractivity contribution in [3.63, 3.8) is 0 Å². The summed E-state index contributed by atoms with van der Waals surface area (Å²) in [7, 11) is 0. The van der Waals surface area contributed by atoms with Gasteiger partial charge in [0.1, 0.15) is 17.7 Å². The molecule has 0 unspecified atom stereocenters. The van der Waals surface area contributed by atoms with Gasteiger partial charge in [0.2, 0.25) is 5.88 Å². The summed E-state index contributed by atoms with van der Waals surface area (Å²) in [5.41, 5.74) is 3.23. The highest BCUT2D eigenvalue weighted by Crippen LogP contribution is 2.25. The summed E-state index contributed by atoms with van der Waals surface area (Å²) in [5, 5.41) is 0. The number of hydrogen-bond acceptors (Lipinski definition) is 5. The molecule has 0 amide bonds. The number of aromatic nitrogens is 2. The standard InChI is InChI=1S/C11H20N4O/c1-5-6-8-9(15-12)13-7-14-10(8)16-11(2,3)4/h7H,5-6,12H2,1-4H3,(H,13,14,15). The van der Waals surface area contributed by atoms with Crippen molar-refractivity contribution in [1.82, 2.24) is 9.97 Å². The largest absolute Gasteiger partial charge is 0.472 e. The quantitative estimate of drug-likeness (QED) is 0.603. The summed E-state index contributed by atoms with van der Waals surface area (Å²) < 4.78 is 5.78. The Hall–Kier alpha value is -1.36. The van der Waals surface area contributed by atoms with Crippen molar-refractivity contribution in [2.45, 2.75) is 46.1 Å². The van der Waals surface area contributed by atoms with Crippen LogP contribution in [0.25, 0.3) is 0 Å². The number of hydrogen-bond donors (Lipinski definition) is 2. The lowest BCUT2D eigenvalue weighted by molar-refractivity contribution is 0.122. The number of nitrogens with two attached hydrogens (primary N) is 1. The molecule has 1 aromatic heterocycles. The summed E-state index contributed by atoms with van der Waals surface area (Å²) >= 11 is 0. The van der Waals surface area contributed by atoms with E-state index in [1.165, 1.54) is 6.33 Å². The molecule has 1 heterocycles. The minimum absolute atomic E-state index is 0.275. The SMILES string of the molecule is CCCc1c(NN)ncnc1OC(C)(C)C. The Balaban J connectivity index is 3.06. The molecule has 1 rings (SSSR count). The molecular weight excluding hydrogens is 204 g/mol. The maximum atomic E-state index is 5.78. The smallest absolute Gasteiger partial charge is 0.222 e. The van der Waals surface area contributed by atoms with E-state index in [1.54, 1.807) is 0 Å². The Kier molecular flexibility index (Phi) is 4.06. The number of nitrogen functional groups attached to an aromatic ring is 1. The van der Waals surface area contributed by atoms with Gasteiger partial charge in [-0.1, -0.05) is 13.3 Å². The number of rotatable bonds is 4. The summed E-state index contributed by atoms with van der Waals surface area (Å²) in [5.74, 6) is 6.66. The van der Waals surface area contributed by atoms with Crippen LogP contribution < -0.4 is 16.0 Å². The lowest BCUT2D eigenvalue weighted by atomic mass is 10.1. The van der Waals surface area contributed by atoms with Crippen LogP contribution >= 0.6 is 0 Å². The normalized spacial score (nSPS) is 11.3. The number of nitrogens with zero attached hydrogens (tertiary/aromatic N) is 2. The second kappa shape index (κ2) is 5.12. The highest BCUT2D eigenvalue weighted by molar-refractivity contribution is 5.47. The zero-order chi connectivity index (χ0) is 12.2. The van der Waals surface area contributed by atoms with E-state index < -0.39 is 0 Å². The number of nitrogens with one attached hydrogen (secondary N) is 1. The van der Waals surface area contributed by atoms with Crippen LogP contribution in [0.1, 0.15) is 39.7 Å². The van der Waals surface area contributed by atoms with Gasteiger partial charge in [-0.3, -0.25) is 0 Å². The molecule has 0 aromatic carbocycles. The van der Waals surface area contributed by atoms with Gasteiger partial charge < -0.3 is 10.2 Å². The predicted molar refractivity (Wildman–Crippen MR) is 64.2 cm³/mol. The summed E-state index contributed by atoms with van der Waals surface area (Å²) in [4.78, 5) is 8.24. The predicted octanol–water partition coefficient (Wildman–Crippen LogP) is 1.89. The van der Waals surface area contributed by atoms with Gasteiger partial charge in [-0.15, -0.1) is 0 Å². The fraction of sp³-hybridized carbons (Fsp3) is 0.636. The van der Waals surface area contributed by atoms with Gasteiger partial charge >= 0.3 is 0 Å². The van der Waals surface area contributed by atoms with Crippen LogP contribution in [0.4, 0.5) is 5.82 Å². The number of ether oxygens (including phenoxy) is 1. The van der Waals surface area contributed by atoms with Crippen molar-refractivity contribution < 1.29 is 4.74 Å². The molecule has 0 atom stereocenters. The van der Waals surface area contributed by atoms with Gasteiger partial charge in [0.05, 0.1) is 5.56 Å². The Bertz CT molecular complexity index is 346. The van der Waals surface area contributed by atoms with Crippen LogP contribution in [0.2, 0.25) is 0 Å². The molecule has 16 heavy (non-hydrogen) atoms. The Morgan fingerprint density at radius 3 is 2.56 bits per heavy atom. The van der Waals surface area contributed by atoms with Gasteiger partial charge in [-0.2, -0.15) is 0 Å². The van der Waals surface area contributed by atoms with E-state index in [1.807, 2.05) is 20.8 Å². The van der Waals surface area contributed by atoms with Gasteiger partial charge in [0.25, 0.3) is 0 Å². The Morgan fingerprint density at radius 2 is 2.06 bits per heavy atom. The monoisotopic (exact) mass is 224 g/mol. The molecule has 0 aliphatic heterocycles. The van der Waals surface area contributed by atoms with Crippen LogP contribution in [-0.2, 0) is 6.42 Å². The number of hydrazine groups is 1. The van der Waals surface area contributed by atoms with Crippen LogP contribution in [0, 0.1) is 0 Å². The third kappa shape index (κ3) is 3.34. The van der Waals surface area contributed by atoms with E-state index >= 15 is 0 Å². The molecule has 0 bridgehead atoms. The van der Waals surface area contributed by atoms with E-state index in [-0.39, 0.29) is 5.60 Å². The highest BCUT2D eigenvalue weighted by Gasteiger charge is 2.18. The van der Waals surface area contributed by atoms with Gasteiger partial charge in [-0.25, -0.2) is 15.8 Å². The molecule has 3 N–H and O–H groups in total. The molecule has 0 spiro atoms. The summed E-state index contributed by atoms with van der Waals surface area (Å²) in [6.45, 7) is 8.05. The average molecular weight is 224 g/mol. The van der Waals surface area contributed by atoms with Crippen molar-refractivity contribution in [3.8, 4) is 5.88 Å². The number of anilines is 1. The average Bonchev–Trinajstić information content (AvgIpc) is 2.18. The summed E-state index contributed by atoms with van der Waals surface area (Å²) in [6.07, 6.45) is 3.28. The van der Waals surface area contributed by atoms with E-state index in [4.69, 9.17) is 10.6 Å². The molecule has 90 valence electrons. The zero-order valence-corrected chi connectivity index (χ0v) is 10.4. The first-order chi connectivity index (χ1) is 7.48. The fourth-order valence-corrected chi connectivity index (χ4v) is 1.37. The minimum atomic E-state index is -0.275. The van der Waals surface area contributed by atoms with Crippen molar-refractivity contribution in [2.24, 2.45) is 5.84 Å². The Labute approximate surface area is 96.4 Å². The van der Waals surface area contributed by atoms with Crippen molar-refractivity contribution in [2.75, 3.05) is 5.43 Å². The maximum Gasteiger partial charge on any atom is 0.222 e. The molecular formula is C11H20N4O. The van der Waals surface area contributed by atoms with Crippen molar-refractivity contribution >= 4 is 5.82 Å². The second-order valence-electron chi connectivity index (χ2n) is 4.61. The van der Waals surface area contributed by atoms with E-state index in [2.05, 4.69) is 22.3 Å². The van der Waals surface area contributed by atoms with Gasteiger partial charge in [-0.05, 0) is 27.2 Å². The first-order valence-electron chi connectivity index (χ1n) is 5.47. The van der Waals surface area contributed by atoms with Crippen molar-refractivity contribution in [3.05, 3.63) is 11.9 Å². The molecule has 0 fully saturated rings. The van der Waals surface area contributed by atoms with Crippen LogP contribution in [0.5, 0.6) is 5.88 Å². The highest BCUT2D eigenvalue weighted by atomic mass is 16.5. The molecule has 0 saturated heterocycles. The van der Waals surface area contributed by atoms with Gasteiger partial charge in [0, 0.05) is 0 Å². The molecule has 0 radical (unpaired) electrons. The lowest BCUT2D eigenvalue weighted by Gasteiger charge is -2.22. The van der Waals surface area contributed by atoms with E-state index in [0.717, 1.165) is 18.4 Å². The summed E-state index contributed by atoms with van der Waals surface area (Å²) in [6, 6.07) is 0. The molecule has 0 aliphatic rings. The maximum absolute atomic E-state index is 5.78. The fourth-order valence-electron chi connectivity index (χ4n) is 1.37. The lowest BCUT2D eigenvalue weighted by Crippen LogP contribution is -2.25. The van der Waals surface area contributed by atoms with E-state index in [9.17, 15) is 0 Å². The molecule has 1 aromatic rings. The molecule has 0 saturated carbocycles. The first kappa shape index (κ1) is 12.7. The Morgan fingerprint density at radius 1 is 1.38 bits per heavy atom. The van der Waals surface area contributed by atoms with Gasteiger partial charge in [0.15, 0.2) is 0 Å². The zero-order valence-electron chi connectivity index (χ0n) is 10.4. The topological polar surface area (TPSA) is 73.1 Å². The third-order valence-corrected chi connectivity index (χ3v) is 1.95. The first-order valence-corrected chi connectivity index (χ1v) is 5.47.